The van der Waals surface area contributed by atoms with Crippen LogP contribution in [0.15, 0.2) is 48.5 Å². The Balaban J connectivity index is 2.11. The Labute approximate surface area is 159 Å². The van der Waals surface area contributed by atoms with Crippen LogP contribution < -0.4 is 4.90 Å². The monoisotopic (exact) mass is 438 g/mol. The number of benzene rings is 2. The SMILES string of the molecule is CC1(C[Se]C#N)C(=O)N(c2ccc(C(F)(F)F)cc2)C(=O)c2ccccc21. The van der Waals surface area contributed by atoms with Gasteiger partial charge in [-0.25, -0.2) is 0 Å². The van der Waals surface area contributed by atoms with E-state index < -0.39 is 43.9 Å². The predicted molar refractivity (Wildman–Crippen MR) is 93.2 cm³/mol. The van der Waals surface area contributed by atoms with Crippen LogP contribution in [-0.4, -0.2) is 26.8 Å². The molecule has 1 atom stereocenters. The number of rotatable bonds is 3. The summed E-state index contributed by atoms with van der Waals surface area (Å²) in [5.74, 6) is -1.12. The van der Waals surface area contributed by atoms with Gasteiger partial charge in [-0.3, -0.25) is 0 Å². The molecule has 1 aliphatic heterocycles. The van der Waals surface area contributed by atoms with Gasteiger partial charge in [-0.05, 0) is 0 Å². The zero-order valence-electron chi connectivity index (χ0n) is 14.1. The minimum absolute atomic E-state index is 0.0724. The van der Waals surface area contributed by atoms with Gasteiger partial charge in [0.05, 0.1) is 0 Å². The van der Waals surface area contributed by atoms with Gasteiger partial charge >= 0.3 is 159 Å². The van der Waals surface area contributed by atoms with Gasteiger partial charge in [-0.15, -0.1) is 0 Å². The maximum absolute atomic E-state index is 13.2. The molecule has 2 aromatic carbocycles. The second-order valence-electron chi connectivity index (χ2n) is 6.25. The van der Waals surface area contributed by atoms with Crippen LogP contribution in [0.5, 0.6) is 0 Å². The van der Waals surface area contributed by atoms with Crippen molar-refractivity contribution in [3.05, 3.63) is 65.2 Å². The van der Waals surface area contributed by atoms with Crippen molar-refractivity contribution < 1.29 is 22.8 Å². The molecule has 0 saturated carbocycles. The fourth-order valence-electron chi connectivity index (χ4n) is 3.08. The average molecular weight is 437 g/mol. The first-order chi connectivity index (χ1) is 12.7. The van der Waals surface area contributed by atoms with Gasteiger partial charge < -0.3 is 0 Å². The Morgan fingerprint density at radius 3 is 2.33 bits per heavy atom. The van der Waals surface area contributed by atoms with Crippen molar-refractivity contribution in [3.8, 4) is 4.97 Å². The van der Waals surface area contributed by atoms with Gasteiger partial charge in [-0.1, -0.05) is 0 Å². The Bertz CT molecular complexity index is 951. The summed E-state index contributed by atoms with van der Waals surface area (Å²) in [4.78, 5) is 29.1. The van der Waals surface area contributed by atoms with E-state index in [1.54, 1.807) is 31.2 Å². The number of carbonyl (C=O) groups is 2. The van der Waals surface area contributed by atoms with E-state index in [0.29, 0.717) is 11.1 Å². The van der Waals surface area contributed by atoms with E-state index in [2.05, 4.69) is 4.97 Å². The zero-order valence-corrected chi connectivity index (χ0v) is 15.8. The third-order valence-corrected chi connectivity index (χ3v) is 6.29. The molecule has 8 heteroatoms. The van der Waals surface area contributed by atoms with Crippen LogP contribution in [0, 0.1) is 10.2 Å². The fourth-order valence-corrected chi connectivity index (χ4v) is 4.40. The topological polar surface area (TPSA) is 61.2 Å². The third-order valence-electron chi connectivity index (χ3n) is 4.51. The van der Waals surface area contributed by atoms with Gasteiger partial charge in [-0.2, -0.15) is 0 Å². The number of anilines is 1. The second-order valence-corrected chi connectivity index (χ2v) is 7.84. The van der Waals surface area contributed by atoms with Crippen LogP contribution in [0.2, 0.25) is 5.32 Å². The number of hydrogen-bond acceptors (Lipinski definition) is 3. The van der Waals surface area contributed by atoms with E-state index in [1.807, 2.05) is 0 Å². The average Bonchev–Trinajstić information content (AvgIpc) is 2.65. The van der Waals surface area contributed by atoms with E-state index in [4.69, 9.17) is 5.26 Å². The molecule has 27 heavy (non-hydrogen) atoms. The standard InChI is InChI=1S/C19H13F3N2O2Se/c1-18(10-27-11-23)15-5-3-2-4-14(15)16(25)24(17(18)26)13-8-6-12(7-9-13)19(20,21)22/h2-9H,10H2,1H3. The quantitative estimate of drug-likeness (QED) is 0.543. The van der Waals surface area contributed by atoms with Crippen LogP contribution in [-0.2, 0) is 16.4 Å². The molecule has 138 valence electrons. The molecule has 1 aliphatic rings. The Kier molecular flexibility index (Phi) is 4.85. The summed E-state index contributed by atoms with van der Waals surface area (Å²) in [7, 11) is 0. The molecule has 4 nitrogen and oxygen atoms in total. The van der Waals surface area contributed by atoms with Gasteiger partial charge in [0, 0.05) is 0 Å². The van der Waals surface area contributed by atoms with Crippen LogP contribution in [0.3, 0.4) is 0 Å². The number of imide groups is 1. The molecule has 1 unspecified atom stereocenters. The summed E-state index contributed by atoms with van der Waals surface area (Å²) < 4.78 is 38.4. The van der Waals surface area contributed by atoms with Crippen LogP contribution in [0.25, 0.3) is 0 Å². The van der Waals surface area contributed by atoms with E-state index in [-0.39, 0.29) is 11.0 Å². The normalized spacial score (nSPS) is 19.6. The molecule has 2 aromatic rings. The zero-order chi connectivity index (χ0) is 19.8. The first kappa shape index (κ1) is 19.1. The molecule has 0 saturated heterocycles. The molecule has 0 N–H and O–H groups in total. The number of carbonyl (C=O) groups excluding carboxylic acids is 2. The van der Waals surface area contributed by atoms with Crippen molar-refractivity contribution in [1.82, 2.24) is 0 Å². The van der Waals surface area contributed by atoms with Gasteiger partial charge in [0.25, 0.3) is 0 Å². The van der Waals surface area contributed by atoms with E-state index >= 15 is 0 Å². The Morgan fingerprint density at radius 2 is 1.74 bits per heavy atom. The number of amides is 2. The number of hydrogen-bond donors (Lipinski definition) is 0. The first-order valence-corrected chi connectivity index (χ1v) is 9.93. The molecule has 0 aliphatic carbocycles. The third kappa shape index (κ3) is 3.25. The molecule has 0 spiro atoms. The van der Waals surface area contributed by atoms with Crippen LogP contribution in [0.1, 0.15) is 28.4 Å². The molecular formula is C19H13F3N2O2Se. The summed E-state index contributed by atoms with van der Waals surface area (Å²) in [6.07, 6.45) is -4.51. The van der Waals surface area contributed by atoms with Crippen molar-refractivity contribution in [2.24, 2.45) is 0 Å². The molecule has 2 amide bonds. The molecule has 0 bridgehead atoms. The summed E-state index contributed by atoms with van der Waals surface area (Å²) in [5, 5.41) is 9.23. The van der Waals surface area contributed by atoms with Gasteiger partial charge in [0.15, 0.2) is 0 Å². The summed E-state index contributed by atoms with van der Waals surface area (Å²) in [6.45, 7) is 1.66. The van der Waals surface area contributed by atoms with Gasteiger partial charge in [0.1, 0.15) is 0 Å². The molecular weight excluding hydrogens is 424 g/mol. The van der Waals surface area contributed by atoms with E-state index in [1.165, 1.54) is 0 Å². The van der Waals surface area contributed by atoms with Gasteiger partial charge in [0.2, 0.25) is 0 Å². The van der Waals surface area contributed by atoms with E-state index in [9.17, 15) is 22.8 Å². The number of nitriles is 1. The first-order valence-electron chi connectivity index (χ1n) is 7.86. The molecule has 0 fully saturated rings. The number of fused-ring (bicyclic) bond motifs is 1. The fraction of sp³-hybridized carbons (Fsp3) is 0.211. The summed E-state index contributed by atoms with van der Waals surface area (Å²) in [6, 6.07) is 10.5. The van der Waals surface area contributed by atoms with E-state index in [0.717, 1.165) is 29.2 Å². The van der Waals surface area contributed by atoms with Crippen molar-refractivity contribution in [3.63, 3.8) is 0 Å². The number of halogens is 3. The van der Waals surface area contributed by atoms with Crippen molar-refractivity contribution in [2.75, 3.05) is 4.90 Å². The molecule has 3 rings (SSSR count). The number of nitrogens with zero attached hydrogens (tertiary/aromatic N) is 2. The summed E-state index contributed by atoms with van der Waals surface area (Å²) >= 11 is -0.482. The number of alkyl halides is 3. The summed E-state index contributed by atoms with van der Waals surface area (Å²) in [5.41, 5.74) is -1.03. The predicted octanol–water partition coefficient (Wildman–Crippen LogP) is 3.75. The van der Waals surface area contributed by atoms with Crippen LogP contribution >= 0.6 is 0 Å². The Morgan fingerprint density at radius 1 is 1.11 bits per heavy atom. The molecule has 1 heterocycles. The maximum atomic E-state index is 13.2. The Hall–Kier alpha value is -2.62. The van der Waals surface area contributed by atoms with Crippen molar-refractivity contribution in [1.29, 1.82) is 5.26 Å². The molecule has 0 aromatic heterocycles. The van der Waals surface area contributed by atoms with Crippen LogP contribution in [0.4, 0.5) is 18.9 Å². The van der Waals surface area contributed by atoms with Crippen molar-refractivity contribution in [2.45, 2.75) is 23.8 Å². The second kappa shape index (κ2) is 6.84. The minimum atomic E-state index is -4.51. The molecule has 0 radical (unpaired) electrons. The van der Waals surface area contributed by atoms with Crippen molar-refractivity contribution >= 4 is 32.5 Å².